The predicted molar refractivity (Wildman–Crippen MR) is 102 cm³/mol. The first-order chi connectivity index (χ1) is 11.7. The van der Waals surface area contributed by atoms with E-state index < -0.39 is 0 Å². The molecule has 24 heavy (non-hydrogen) atoms. The van der Waals surface area contributed by atoms with Gasteiger partial charge in [0.15, 0.2) is 0 Å². The van der Waals surface area contributed by atoms with E-state index in [1.165, 1.54) is 9.13 Å². The lowest BCUT2D eigenvalue weighted by Gasteiger charge is -2.05. The number of halogens is 1. The van der Waals surface area contributed by atoms with Crippen LogP contribution in [0.1, 0.15) is 5.56 Å². The quantitative estimate of drug-likeness (QED) is 0.143. The van der Waals surface area contributed by atoms with E-state index in [9.17, 15) is 0 Å². The molecule has 0 amide bonds. The number of nitrogens with two attached hydrogens (primary N) is 3. The highest BCUT2D eigenvalue weighted by atomic mass is 127. The van der Waals surface area contributed by atoms with E-state index in [1.807, 2.05) is 12.1 Å². The topological polar surface area (TPSA) is 130 Å². The summed E-state index contributed by atoms with van der Waals surface area (Å²) in [4.78, 5) is 0. The first-order valence-electron chi connectivity index (χ1n) is 7.69. The molecule has 0 unspecified atom stereocenters. The summed E-state index contributed by atoms with van der Waals surface area (Å²) in [6.07, 6.45) is 0. The largest absolute Gasteiger partial charge is 0.378 e. The number of hydrogen-bond acceptors (Lipinski definition) is 7. The van der Waals surface area contributed by atoms with Gasteiger partial charge in [-0.2, -0.15) is 5.11 Å². The van der Waals surface area contributed by atoms with Gasteiger partial charge in [-0.05, 0) is 40.3 Å². The Hall–Kier alpha value is -0.850. The van der Waals surface area contributed by atoms with Gasteiger partial charge in [0.25, 0.3) is 0 Å². The number of rotatable bonds is 12. The summed E-state index contributed by atoms with van der Waals surface area (Å²) in [6, 6.07) is 8.20. The third-order valence-corrected chi connectivity index (χ3v) is 3.29. The van der Waals surface area contributed by atoms with Gasteiger partial charge in [0.1, 0.15) is 0 Å². The van der Waals surface area contributed by atoms with Gasteiger partial charge in [0, 0.05) is 16.7 Å². The summed E-state index contributed by atoms with van der Waals surface area (Å²) in [5.41, 5.74) is 11.8. The molecule has 0 aliphatic heterocycles. The van der Waals surface area contributed by atoms with Crippen molar-refractivity contribution >= 4 is 22.6 Å². The van der Waals surface area contributed by atoms with E-state index in [0.717, 1.165) is 0 Å². The molecule has 1 aromatic carbocycles. The van der Waals surface area contributed by atoms with Gasteiger partial charge < -0.3 is 31.5 Å². The highest BCUT2D eigenvalue weighted by Gasteiger charge is 1.90. The molecular weight excluding hydrogens is 425 g/mol. The Labute approximate surface area is 157 Å². The fraction of sp³-hybridized carbons (Fsp3) is 0.600. The van der Waals surface area contributed by atoms with Gasteiger partial charge in [-0.25, -0.2) is 0 Å². The predicted octanol–water partition coefficient (Wildman–Crippen LogP) is 1.07. The summed E-state index contributed by atoms with van der Waals surface area (Å²) in [6.45, 7) is 4.96. The average molecular weight is 453 g/mol. The van der Waals surface area contributed by atoms with Crippen molar-refractivity contribution in [3.8, 4) is 0 Å². The molecule has 0 saturated heterocycles. The number of nitrogens with zero attached hydrogens (tertiary/aromatic N) is 2. The Morgan fingerprint density at radius 2 is 1.38 bits per heavy atom. The van der Waals surface area contributed by atoms with Crippen molar-refractivity contribution in [3.05, 3.63) is 33.4 Å². The second-order valence-electron chi connectivity index (χ2n) is 4.44. The van der Waals surface area contributed by atoms with Crippen molar-refractivity contribution in [1.29, 1.82) is 0 Å². The van der Waals surface area contributed by atoms with Crippen LogP contribution in [-0.2, 0) is 20.8 Å². The van der Waals surface area contributed by atoms with E-state index in [1.54, 1.807) is 0 Å². The lowest BCUT2D eigenvalue weighted by atomic mass is 10.2. The summed E-state index contributed by atoms with van der Waals surface area (Å²) < 4.78 is 16.8. The van der Waals surface area contributed by atoms with E-state index in [-0.39, 0.29) is 0 Å². The SMILES string of the molecule is NCCOCCOCCOCCN=NN.NCc1ccc(I)cc1. The lowest BCUT2D eigenvalue weighted by molar-refractivity contribution is 0.0174. The molecule has 8 nitrogen and oxygen atoms in total. The minimum atomic E-state index is 0.482. The first kappa shape index (κ1) is 23.1. The molecule has 1 aromatic rings. The minimum absolute atomic E-state index is 0.482. The van der Waals surface area contributed by atoms with Crippen LogP contribution in [0.15, 0.2) is 34.6 Å². The van der Waals surface area contributed by atoms with Gasteiger partial charge in [0.05, 0.1) is 46.2 Å². The second kappa shape index (κ2) is 18.5. The summed E-state index contributed by atoms with van der Waals surface area (Å²) >= 11 is 2.27. The zero-order chi connectivity index (χ0) is 17.9. The molecule has 138 valence electrons. The standard InChI is InChI=1S/C8H20N4O3.C7H8IN/c9-1-3-13-5-7-15-8-6-14-4-2-11-12-10;8-7-3-1-6(5-9)2-4-7/h1-9H2,(H2,10,11);1-4H,5,9H2. The Morgan fingerprint density at radius 1 is 0.833 bits per heavy atom. The van der Waals surface area contributed by atoms with Gasteiger partial charge in [-0.3, -0.25) is 0 Å². The molecule has 9 heteroatoms. The van der Waals surface area contributed by atoms with Crippen LogP contribution in [0.4, 0.5) is 0 Å². The van der Waals surface area contributed by atoms with E-state index in [0.29, 0.717) is 59.3 Å². The van der Waals surface area contributed by atoms with Crippen LogP contribution in [0, 0.1) is 3.57 Å². The van der Waals surface area contributed by atoms with Crippen LogP contribution >= 0.6 is 22.6 Å². The molecule has 1 rings (SSSR count). The molecule has 0 heterocycles. The van der Waals surface area contributed by atoms with Crippen LogP contribution in [0.2, 0.25) is 0 Å². The Bertz CT molecular complexity index is 407. The van der Waals surface area contributed by atoms with Crippen LogP contribution in [-0.4, -0.2) is 52.7 Å². The van der Waals surface area contributed by atoms with Crippen LogP contribution in [0.3, 0.4) is 0 Å². The van der Waals surface area contributed by atoms with Gasteiger partial charge in [-0.15, -0.1) is 0 Å². The van der Waals surface area contributed by atoms with Crippen molar-refractivity contribution < 1.29 is 14.2 Å². The number of hydrogen-bond donors (Lipinski definition) is 3. The van der Waals surface area contributed by atoms with Gasteiger partial charge in [-0.1, -0.05) is 17.4 Å². The molecule has 0 saturated carbocycles. The van der Waals surface area contributed by atoms with Crippen molar-refractivity contribution in [1.82, 2.24) is 0 Å². The maximum atomic E-state index is 5.40. The zero-order valence-electron chi connectivity index (χ0n) is 13.9. The maximum Gasteiger partial charge on any atom is 0.0854 e. The monoisotopic (exact) mass is 453 g/mol. The summed E-state index contributed by atoms with van der Waals surface area (Å²) in [5, 5.41) is 6.64. The van der Waals surface area contributed by atoms with E-state index in [4.69, 9.17) is 31.5 Å². The van der Waals surface area contributed by atoms with Crippen molar-refractivity contribution in [2.75, 3.05) is 52.7 Å². The van der Waals surface area contributed by atoms with Crippen LogP contribution in [0.25, 0.3) is 0 Å². The Balaban J connectivity index is 0.000000496. The number of benzene rings is 1. The van der Waals surface area contributed by atoms with Crippen LogP contribution < -0.4 is 17.3 Å². The molecule has 0 aliphatic carbocycles. The molecule has 0 bridgehead atoms. The van der Waals surface area contributed by atoms with E-state index >= 15 is 0 Å². The summed E-state index contributed by atoms with van der Waals surface area (Å²) in [5.74, 6) is 4.80. The molecular formula is C15H28IN5O3. The molecule has 0 atom stereocenters. The highest BCUT2D eigenvalue weighted by Crippen LogP contribution is 2.05. The van der Waals surface area contributed by atoms with Gasteiger partial charge in [0.2, 0.25) is 0 Å². The fourth-order valence-corrected chi connectivity index (χ4v) is 1.77. The van der Waals surface area contributed by atoms with Crippen molar-refractivity contribution in [2.24, 2.45) is 27.6 Å². The third kappa shape index (κ3) is 16.0. The fourth-order valence-electron chi connectivity index (χ4n) is 1.41. The number of ether oxygens (including phenoxy) is 3. The molecule has 0 fully saturated rings. The molecule has 0 aromatic heterocycles. The minimum Gasteiger partial charge on any atom is -0.378 e. The maximum absolute atomic E-state index is 5.40. The van der Waals surface area contributed by atoms with Crippen LogP contribution in [0.5, 0.6) is 0 Å². The zero-order valence-corrected chi connectivity index (χ0v) is 16.1. The molecule has 0 radical (unpaired) electrons. The second-order valence-corrected chi connectivity index (χ2v) is 5.68. The first-order valence-corrected chi connectivity index (χ1v) is 8.77. The highest BCUT2D eigenvalue weighted by molar-refractivity contribution is 14.1. The summed E-state index contributed by atoms with van der Waals surface area (Å²) in [7, 11) is 0. The lowest BCUT2D eigenvalue weighted by Crippen LogP contribution is -2.13. The van der Waals surface area contributed by atoms with Gasteiger partial charge >= 0.3 is 0 Å². The third-order valence-electron chi connectivity index (χ3n) is 2.57. The average Bonchev–Trinajstić information content (AvgIpc) is 2.61. The smallest absolute Gasteiger partial charge is 0.0854 e. The molecule has 0 spiro atoms. The van der Waals surface area contributed by atoms with Crippen molar-refractivity contribution in [3.63, 3.8) is 0 Å². The van der Waals surface area contributed by atoms with E-state index in [2.05, 4.69) is 45.1 Å². The van der Waals surface area contributed by atoms with Crippen molar-refractivity contribution in [2.45, 2.75) is 6.54 Å². The Morgan fingerprint density at radius 3 is 1.88 bits per heavy atom. The normalized spacial score (nSPS) is 10.6. The Kier molecular flexibility index (Phi) is 17.8. The molecule has 0 aliphatic rings. The molecule has 6 N–H and O–H groups in total.